The lowest BCUT2D eigenvalue weighted by atomic mass is 10.0. The average Bonchev–Trinajstić information content (AvgIpc) is 2.35. The Morgan fingerprint density at radius 2 is 2.05 bits per heavy atom. The highest BCUT2D eigenvalue weighted by Gasteiger charge is 2.28. The van der Waals surface area contributed by atoms with Gasteiger partial charge in [0.1, 0.15) is 6.17 Å². The van der Waals surface area contributed by atoms with E-state index in [0.29, 0.717) is 13.1 Å². The lowest BCUT2D eigenvalue weighted by molar-refractivity contribution is -0.00572. The van der Waals surface area contributed by atoms with Gasteiger partial charge in [-0.2, -0.15) is 0 Å². The minimum Gasteiger partial charge on any atom is -0.342 e. The molecular weight excluding hydrogens is 245 g/mol. The van der Waals surface area contributed by atoms with E-state index in [2.05, 4.69) is 28.6 Å². The molecule has 1 unspecified atom stereocenters. The molecule has 0 spiro atoms. The van der Waals surface area contributed by atoms with Crippen LogP contribution in [0.2, 0.25) is 0 Å². The van der Waals surface area contributed by atoms with Crippen molar-refractivity contribution >= 4 is 5.71 Å². The van der Waals surface area contributed by atoms with Crippen LogP contribution in [0.4, 0.5) is 4.39 Å². The first-order chi connectivity index (χ1) is 9.06. The van der Waals surface area contributed by atoms with Crippen molar-refractivity contribution in [1.82, 2.24) is 9.80 Å². The van der Waals surface area contributed by atoms with E-state index in [1.165, 1.54) is 11.3 Å². The van der Waals surface area contributed by atoms with Gasteiger partial charge in [0.15, 0.2) is 0 Å². The van der Waals surface area contributed by atoms with Crippen LogP contribution in [0.15, 0.2) is 16.3 Å². The molecule has 0 bridgehead atoms. The van der Waals surface area contributed by atoms with Gasteiger partial charge in [-0.15, -0.1) is 0 Å². The molecule has 108 valence electrons. The summed E-state index contributed by atoms with van der Waals surface area (Å²) in [4.78, 5) is 8.90. The minimum atomic E-state index is -0.624. The Morgan fingerprint density at radius 3 is 2.58 bits per heavy atom. The number of rotatable bonds is 5. The maximum absolute atomic E-state index is 12.8. The van der Waals surface area contributed by atoms with Gasteiger partial charge in [-0.3, -0.25) is 4.90 Å². The zero-order valence-electron chi connectivity index (χ0n) is 12.3. The zero-order valence-corrected chi connectivity index (χ0v) is 12.3. The topological polar surface area (TPSA) is 28.1 Å². The molecule has 0 radical (unpaired) electrons. The van der Waals surface area contributed by atoms with Crippen molar-refractivity contribution in [3.63, 3.8) is 0 Å². The SMILES string of the molecule is CCN1C(C)=C(CCN2CC(F)C2)C(C)=NC1OC. The molecule has 4 nitrogen and oxygen atoms in total. The van der Waals surface area contributed by atoms with Crippen molar-refractivity contribution < 1.29 is 9.13 Å². The number of hydrogen-bond donors (Lipinski definition) is 0. The molecule has 0 aromatic heterocycles. The third-order valence-corrected chi connectivity index (χ3v) is 4.02. The molecular formula is C14H24FN3O. The number of halogens is 1. The quantitative estimate of drug-likeness (QED) is 0.764. The number of likely N-dealkylation sites (tertiary alicyclic amines) is 1. The summed E-state index contributed by atoms with van der Waals surface area (Å²) in [6, 6.07) is 0. The first kappa shape index (κ1) is 14.5. The summed E-state index contributed by atoms with van der Waals surface area (Å²) in [6.07, 6.45) is 0.107. The zero-order chi connectivity index (χ0) is 14.0. The number of hydrogen-bond acceptors (Lipinski definition) is 4. The fraction of sp³-hybridized carbons (Fsp3) is 0.786. The molecule has 0 saturated carbocycles. The Balaban J connectivity index is 2.02. The molecule has 1 saturated heterocycles. The number of alkyl halides is 1. The van der Waals surface area contributed by atoms with Crippen molar-refractivity contribution in [3.8, 4) is 0 Å². The molecule has 2 aliphatic heterocycles. The normalized spacial score (nSPS) is 25.6. The fourth-order valence-electron chi connectivity index (χ4n) is 2.81. The molecule has 2 rings (SSSR count). The average molecular weight is 269 g/mol. The minimum absolute atomic E-state index is 0.201. The summed E-state index contributed by atoms with van der Waals surface area (Å²) >= 11 is 0. The molecule has 19 heavy (non-hydrogen) atoms. The summed E-state index contributed by atoms with van der Waals surface area (Å²) in [6.45, 7) is 9.22. The van der Waals surface area contributed by atoms with E-state index in [0.717, 1.165) is 25.2 Å². The highest BCUT2D eigenvalue weighted by atomic mass is 19.1. The predicted octanol–water partition coefficient (Wildman–Crippen LogP) is 2.03. The Kier molecular flexibility index (Phi) is 4.58. The Hall–Kier alpha value is -0.940. The van der Waals surface area contributed by atoms with Crippen LogP contribution in [0.5, 0.6) is 0 Å². The maximum Gasteiger partial charge on any atom is 0.227 e. The molecule has 0 aromatic carbocycles. The molecule has 0 amide bonds. The Morgan fingerprint density at radius 1 is 1.37 bits per heavy atom. The lowest BCUT2D eigenvalue weighted by Gasteiger charge is -2.37. The first-order valence-corrected chi connectivity index (χ1v) is 6.97. The molecule has 0 aromatic rings. The predicted molar refractivity (Wildman–Crippen MR) is 74.9 cm³/mol. The van der Waals surface area contributed by atoms with Gasteiger partial charge >= 0.3 is 0 Å². The van der Waals surface area contributed by atoms with Crippen molar-refractivity contribution in [3.05, 3.63) is 11.3 Å². The summed E-state index contributed by atoms with van der Waals surface area (Å²) in [7, 11) is 1.68. The standard InChI is InChI=1S/C14H24FN3O/c1-5-18-11(3)13(10(2)16-14(18)19-4)6-7-17-8-12(15)9-17/h12,14H,5-9H2,1-4H3. The Bertz CT molecular complexity index is 388. The number of aliphatic imine (C=N–C) groups is 1. The van der Waals surface area contributed by atoms with Crippen LogP contribution in [0.25, 0.3) is 0 Å². The molecule has 5 heteroatoms. The van der Waals surface area contributed by atoms with Crippen LogP contribution >= 0.6 is 0 Å². The largest absolute Gasteiger partial charge is 0.342 e. The fourth-order valence-corrected chi connectivity index (χ4v) is 2.81. The van der Waals surface area contributed by atoms with Crippen LogP contribution in [-0.2, 0) is 4.74 Å². The second-order valence-corrected chi connectivity index (χ2v) is 5.23. The van der Waals surface area contributed by atoms with Crippen LogP contribution in [0, 0.1) is 0 Å². The third kappa shape index (κ3) is 2.98. The molecule has 1 atom stereocenters. The molecule has 2 heterocycles. The van der Waals surface area contributed by atoms with Crippen molar-refractivity contribution in [2.75, 3.05) is 33.3 Å². The van der Waals surface area contributed by atoms with E-state index in [1.54, 1.807) is 7.11 Å². The van der Waals surface area contributed by atoms with Crippen LogP contribution < -0.4 is 0 Å². The van der Waals surface area contributed by atoms with Gasteiger partial charge in [0.2, 0.25) is 6.35 Å². The van der Waals surface area contributed by atoms with E-state index in [4.69, 9.17) is 4.74 Å². The van der Waals surface area contributed by atoms with Gasteiger partial charge in [-0.05, 0) is 32.8 Å². The van der Waals surface area contributed by atoms with E-state index < -0.39 is 6.17 Å². The second kappa shape index (κ2) is 6.01. The van der Waals surface area contributed by atoms with E-state index in [-0.39, 0.29) is 6.35 Å². The number of allylic oxidation sites excluding steroid dienone is 1. The van der Waals surface area contributed by atoms with Gasteiger partial charge in [-0.25, -0.2) is 9.38 Å². The van der Waals surface area contributed by atoms with Crippen molar-refractivity contribution in [2.24, 2.45) is 4.99 Å². The smallest absolute Gasteiger partial charge is 0.227 e. The van der Waals surface area contributed by atoms with E-state index in [9.17, 15) is 4.39 Å². The number of nitrogens with zero attached hydrogens (tertiary/aromatic N) is 3. The number of ether oxygens (including phenoxy) is 1. The van der Waals surface area contributed by atoms with Crippen molar-refractivity contribution in [1.29, 1.82) is 0 Å². The number of methoxy groups -OCH3 is 1. The third-order valence-electron chi connectivity index (χ3n) is 4.02. The van der Waals surface area contributed by atoms with Gasteiger partial charge in [0, 0.05) is 44.7 Å². The van der Waals surface area contributed by atoms with E-state index in [1.807, 2.05) is 6.92 Å². The summed E-state index contributed by atoms with van der Waals surface area (Å²) < 4.78 is 18.2. The summed E-state index contributed by atoms with van der Waals surface area (Å²) in [5.74, 6) is 0. The van der Waals surface area contributed by atoms with Gasteiger partial charge in [0.25, 0.3) is 0 Å². The van der Waals surface area contributed by atoms with Gasteiger partial charge < -0.3 is 9.64 Å². The van der Waals surface area contributed by atoms with Crippen molar-refractivity contribution in [2.45, 2.75) is 39.7 Å². The maximum atomic E-state index is 12.8. The summed E-state index contributed by atoms with van der Waals surface area (Å²) in [5.41, 5.74) is 3.56. The van der Waals surface area contributed by atoms with Gasteiger partial charge in [0.05, 0.1) is 0 Å². The van der Waals surface area contributed by atoms with E-state index >= 15 is 0 Å². The van der Waals surface area contributed by atoms with Crippen LogP contribution in [0.1, 0.15) is 27.2 Å². The lowest BCUT2D eigenvalue weighted by Crippen LogP contribution is -2.49. The molecule has 2 aliphatic rings. The highest BCUT2D eigenvalue weighted by molar-refractivity contribution is 5.99. The summed E-state index contributed by atoms with van der Waals surface area (Å²) in [5, 5.41) is 0. The first-order valence-electron chi connectivity index (χ1n) is 6.97. The molecule has 0 aliphatic carbocycles. The Labute approximate surface area is 114 Å². The molecule has 1 fully saturated rings. The monoisotopic (exact) mass is 269 g/mol. The van der Waals surface area contributed by atoms with Crippen LogP contribution in [0.3, 0.4) is 0 Å². The van der Waals surface area contributed by atoms with Crippen LogP contribution in [-0.4, -0.2) is 61.3 Å². The highest BCUT2D eigenvalue weighted by Crippen LogP contribution is 2.25. The second-order valence-electron chi connectivity index (χ2n) is 5.23. The van der Waals surface area contributed by atoms with Gasteiger partial charge in [-0.1, -0.05) is 0 Å². The molecule has 0 N–H and O–H groups in total.